The molecule has 1 aliphatic rings. The van der Waals surface area contributed by atoms with Crippen LogP contribution in [0.25, 0.3) is 0 Å². The van der Waals surface area contributed by atoms with Crippen LogP contribution >= 0.6 is 0 Å². The van der Waals surface area contributed by atoms with Gasteiger partial charge in [0, 0.05) is 26.7 Å². The predicted octanol–water partition coefficient (Wildman–Crippen LogP) is 1.55. The van der Waals surface area contributed by atoms with E-state index in [0.29, 0.717) is 5.56 Å². The SMILES string of the molecule is CCN(CC1CCCO1)c1c(C=O)c(C)nn1C. The Morgan fingerprint density at radius 1 is 1.61 bits per heavy atom. The number of ether oxygens (including phenoxy) is 1. The monoisotopic (exact) mass is 251 g/mol. The zero-order chi connectivity index (χ0) is 13.1. The first-order valence-electron chi connectivity index (χ1n) is 6.52. The van der Waals surface area contributed by atoms with E-state index in [-0.39, 0.29) is 6.10 Å². The van der Waals surface area contributed by atoms with Crippen LogP contribution in [0.1, 0.15) is 35.8 Å². The van der Waals surface area contributed by atoms with Gasteiger partial charge in [-0.1, -0.05) is 0 Å². The van der Waals surface area contributed by atoms with E-state index >= 15 is 0 Å². The molecule has 18 heavy (non-hydrogen) atoms. The average Bonchev–Trinajstić information content (AvgIpc) is 2.94. The zero-order valence-corrected chi connectivity index (χ0v) is 11.3. The lowest BCUT2D eigenvalue weighted by Crippen LogP contribution is -2.34. The fourth-order valence-corrected chi connectivity index (χ4v) is 2.57. The molecular weight excluding hydrogens is 230 g/mol. The topological polar surface area (TPSA) is 47.4 Å². The van der Waals surface area contributed by atoms with Gasteiger partial charge in [0.25, 0.3) is 0 Å². The predicted molar refractivity (Wildman–Crippen MR) is 70.2 cm³/mol. The molecule has 1 saturated heterocycles. The molecule has 2 rings (SSSR count). The number of carbonyl (C=O) groups is 1. The summed E-state index contributed by atoms with van der Waals surface area (Å²) in [6.07, 6.45) is 3.41. The molecule has 0 radical (unpaired) electrons. The molecule has 0 aliphatic carbocycles. The minimum atomic E-state index is 0.277. The number of likely N-dealkylation sites (N-methyl/N-ethyl adjacent to an activating group) is 1. The quantitative estimate of drug-likeness (QED) is 0.745. The first kappa shape index (κ1) is 13.1. The molecule has 0 bridgehead atoms. The Labute approximate surface area is 108 Å². The molecular formula is C13H21N3O2. The molecule has 1 unspecified atom stereocenters. The third kappa shape index (κ3) is 2.41. The molecule has 100 valence electrons. The van der Waals surface area contributed by atoms with Crippen LogP contribution < -0.4 is 4.90 Å². The maximum absolute atomic E-state index is 11.2. The van der Waals surface area contributed by atoms with Crippen LogP contribution in [0.5, 0.6) is 0 Å². The molecule has 1 aromatic heterocycles. The van der Waals surface area contributed by atoms with Crippen LogP contribution in [0.15, 0.2) is 0 Å². The van der Waals surface area contributed by atoms with Gasteiger partial charge in [0.05, 0.1) is 17.4 Å². The van der Waals surface area contributed by atoms with Gasteiger partial charge in [-0.05, 0) is 26.7 Å². The van der Waals surface area contributed by atoms with Crippen molar-refractivity contribution in [3.05, 3.63) is 11.3 Å². The van der Waals surface area contributed by atoms with Crippen LogP contribution in [-0.4, -0.2) is 41.9 Å². The number of carbonyl (C=O) groups excluding carboxylic acids is 1. The normalized spacial score (nSPS) is 19.2. The number of hydrogen-bond donors (Lipinski definition) is 0. The fraction of sp³-hybridized carbons (Fsp3) is 0.692. The van der Waals surface area contributed by atoms with E-state index < -0.39 is 0 Å². The molecule has 1 atom stereocenters. The highest BCUT2D eigenvalue weighted by atomic mass is 16.5. The highest BCUT2D eigenvalue weighted by Gasteiger charge is 2.23. The molecule has 0 aromatic carbocycles. The number of nitrogens with zero attached hydrogens (tertiary/aromatic N) is 3. The second kappa shape index (κ2) is 5.52. The number of anilines is 1. The van der Waals surface area contributed by atoms with E-state index in [2.05, 4.69) is 16.9 Å². The van der Waals surface area contributed by atoms with E-state index in [1.807, 2.05) is 14.0 Å². The van der Waals surface area contributed by atoms with Crippen molar-refractivity contribution in [1.29, 1.82) is 0 Å². The van der Waals surface area contributed by atoms with Crippen molar-refractivity contribution in [1.82, 2.24) is 9.78 Å². The van der Waals surface area contributed by atoms with E-state index in [4.69, 9.17) is 4.74 Å². The van der Waals surface area contributed by atoms with Crippen LogP contribution in [0, 0.1) is 6.92 Å². The molecule has 5 heteroatoms. The smallest absolute Gasteiger partial charge is 0.155 e. The van der Waals surface area contributed by atoms with Gasteiger partial charge in [-0.25, -0.2) is 0 Å². The summed E-state index contributed by atoms with van der Waals surface area (Å²) in [7, 11) is 1.88. The second-order valence-corrected chi connectivity index (χ2v) is 4.74. The van der Waals surface area contributed by atoms with Crippen molar-refractivity contribution in [2.24, 2.45) is 7.05 Å². The minimum absolute atomic E-state index is 0.277. The third-order valence-corrected chi connectivity index (χ3v) is 3.48. The van der Waals surface area contributed by atoms with Crippen molar-refractivity contribution in [2.45, 2.75) is 32.8 Å². The standard InChI is InChI=1S/C13H21N3O2/c1-4-16(8-11-6-5-7-18-11)13-12(9-17)10(2)14-15(13)3/h9,11H,4-8H2,1-3H3. The number of hydrogen-bond acceptors (Lipinski definition) is 4. The summed E-state index contributed by atoms with van der Waals surface area (Å²) in [5.74, 6) is 0.903. The van der Waals surface area contributed by atoms with Gasteiger partial charge in [0.15, 0.2) is 6.29 Å². The molecule has 1 aromatic rings. The minimum Gasteiger partial charge on any atom is -0.376 e. The number of rotatable bonds is 5. The molecule has 5 nitrogen and oxygen atoms in total. The number of aryl methyl sites for hydroxylation is 2. The Hall–Kier alpha value is -1.36. The van der Waals surface area contributed by atoms with Crippen molar-refractivity contribution in [3.8, 4) is 0 Å². The summed E-state index contributed by atoms with van der Waals surface area (Å²) in [6, 6.07) is 0. The molecule has 2 heterocycles. The third-order valence-electron chi connectivity index (χ3n) is 3.48. The van der Waals surface area contributed by atoms with Crippen LogP contribution in [0.3, 0.4) is 0 Å². The van der Waals surface area contributed by atoms with Gasteiger partial charge in [-0.15, -0.1) is 0 Å². The maximum Gasteiger partial charge on any atom is 0.155 e. The van der Waals surface area contributed by atoms with Gasteiger partial charge < -0.3 is 9.64 Å². The summed E-state index contributed by atoms with van der Waals surface area (Å²) >= 11 is 0. The van der Waals surface area contributed by atoms with Crippen molar-refractivity contribution >= 4 is 12.1 Å². The summed E-state index contributed by atoms with van der Waals surface area (Å²) in [5.41, 5.74) is 1.48. The molecule has 0 spiro atoms. The first-order valence-corrected chi connectivity index (χ1v) is 6.52. The summed E-state index contributed by atoms with van der Waals surface area (Å²) in [6.45, 7) is 6.49. The lowest BCUT2D eigenvalue weighted by Gasteiger charge is -2.26. The molecule has 0 amide bonds. The Kier molecular flexibility index (Phi) is 4.01. The highest BCUT2D eigenvalue weighted by Crippen LogP contribution is 2.23. The number of aromatic nitrogens is 2. The highest BCUT2D eigenvalue weighted by molar-refractivity contribution is 5.84. The first-order chi connectivity index (χ1) is 8.67. The van der Waals surface area contributed by atoms with Gasteiger partial charge in [-0.3, -0.25) is 9.48 Å². The van der Waals surface area contributed by atoms with Gasteiger partial charge in [0.1, 0.15) is 5.82 Å². The van der Waals surface area contributed by atoms with Gasteiger partial charge in [0.2, 0.25) is 0 Å². The van der Waals surface area contributed by atoms with Crippen molar-refractivity contribution in [2.75, 3.05) is 24.6 Å². The lowest BCUT2D eigenvalue weighted by molar-refractivity contribution is 0.111. The maximum atomic E-state index is 11.2. The zero-order valence-electron chi connectivity index (χ0n) is 11.3. The fourth-order valence-electron chi connectivity index (χ4n) is 2.57. The summed E-state index contributed by atoms with van der Waals surface area (Å²) in [4.78, 5) is 13.4. The van der Waals surface area contributed by atoms with Gasteiger partial charge in [-0.2, -0.15) is 5.10 Å². The number of aldehydes is 1. The van der Waals surface area contributed by atoms with E-state index in [1.165, 1.54) is 0 Å². The van der Waals surface area contributed by atoms with Crippen molar-refractivity contribution < 1.29 is 9.53 Å². The summed E-state index contributed by atoms with van der Waals surface area (Å²) < 4.78 is 7.46. The Balaban J connectivity index is 2.23. The Bertz CT molecular complexity index is 422. The van der Waals surface area contributed by atoms with Crippen LogP contribution in [0.4, 0.5) is 5.82 Å². The molecule has 0 saturated carbocycles. The van der Waals surface area contributed by atoms with E-state index in [0.717, 1.165) is 50.3 Å². The van der Waals surface area contributed by atoms with Crippen molar-refractivity contribution in [3.63, 3.8) is 0 Å². The molecule has 0 N–H and O–H groups in total. The summed E-state index contributed by atoms with van der Waals surface area (Å²) in [5, 5.41) is 4.33. The average molecular weight is 251 g/mol. The van der Waals surface area contributed by atoms with E-state index in [9.17, 15) is 4.79 Å². The van der Waals surface area contributed by atoms with Gasteiger partial charge >= 0.3 is 0 Å². The lowest BCUT2D eigenvalue weighted by atomic mass is 10.2. The van der Waals surface area contributed by atoms with Crippen LogP contribution in [-0.2, 0) is 11.8 Å². The Morgan fingerprint density at radius 2 is 2.39 bits per heavy atom. The van der Waals surface area contributed by atoms with Crippen LogP contribution in [0.2, 0.25) is 0 Å². The molecule has 1 aliphatic heterocycles. The van der Waals surface area contributed by atoms with E-state index in [1.54, 1.807) is 4.68 Å². The Morgan fingerprint density at radius 3 is 2.94 bits per heavy atom. The second-order valence-electron chi connectivity index (χ2n) is 4.74. The molecule has 1 fully saturated rings. The largest absolute Gasteiger partial charge is 0.376 e.